The molecular weight excluding hydrogens is 362 g/mol. The number of hydrazone groups is 1. The quantitative estimate of drug-likeness (QED) is 0.544. The van der Waals surface area contributed by atoms with Gasteiger partial charge in [-0.05, 0) is 23.8 Å². The van der Waals surface area contributed by atoms with Gasteiger partial charge in [-0.3, -0.25) is 10.2 Å². The summed E-state index contributed by atoms with van der Waals surface area (Å²) in [5.74, 6) is 0.0530. The average molecular weight is 383 g/mol. The molecule has 1 heterocycles. The Balaban J connectivity index is 1.59. The lowest BCUT2D eigenvalue weighted by Crippen LogP contribution is -2.40. The van der Waals surface area contributed by atoms with E-state index < -0.39 is 0 Å². The summed E-state index contributed by atoms with van der Waals surface area (Å²) >= 11 is 0. The van der Waals surface area contributed by atoms with Crippen LogP contribution >= 0.6 is 0 Å². The molecule has 144 valence electrons. The minimum absolute atomic E-state index is 0.0530. The Hall–Kier alpha value is -3.44. The maximum atomic E-state index is 13.3. The Morgan fingerprint density at radius 1 is 0.828 bits per heavy atom. The fourth-order valence-corrected chi connectivity index (χ4v) is 3.96. The molecule has 0 spiro atoms. The minimum atomic E-state index is 0.0530. The molecule has 3 aromatic carbocycles. The molecule has 1 amide bonds. The molecule has 2 aliphatic rings. The molecule has 1 aliphatic carbocycles. The minimum Gasteiger partial charge on any atom is -0.378 e. The highest BCUT2D eigenvalue weighted by Gasteiger charge is 2.31. The van der Waals surface area contributed by atoms with Gasteiger partial charge in [0.1, 0.15) is 0 Å². The van der Waals surface area contributed by atoms with E-state index >= 15 is 0 Å². The van der Waals surface area contributed by atoms with Crippen LogP contribution in [-0.2, 0) is 4.74 Å². The highest BCUT2D eigenvalue weighted by molar-refractivity contribution is 6.27. The molecule has 0 unspecified atom stereocenters. The van der Waals surface area contributed by atoms with E-state index in [0.717, 1.165) is 39.2 Å². The van der Waals surface area contributed by atoms with E-state index in [1.165, 1.54) is 0 Å². The van der Waals surface area contributed by atoms with Gasteiger partial charge in [0.05, 0.1) is 24.6 Å². The lowest BCUT2D eigenvalue weighted by atomic mass is 9.98. The van der Waals surface area contributed by atoms with E-state index in [4.69, 9.17) is 9.84 Å². The Morgan fingerprint density at radius 3 is 2.31 bits per heavy atom. The summed E-state index contributed by atoms with van der Waals surface area (Å²) in [5, 5.41) is 4.71. The predicted molar refractivity (Wildman–Crippen MR) is 114 cm³/mol. The number of fused-ring (bicyclic) bond motifs is 3. The number of para-hydroxylation sites is 1. The van der Waals surface area contributed by atoms with Crippen molar-refractivity contribution < 1.29 is 9.53 Å². The van der Waals surface area contributed by atoms with E-state index in [0.29, 0.717) is 26.3 Å². The molecule has 1 aliphatic heterocycles. The fourth-order valence-electron chi connectivity index (χ4n) is 3.96. The fraction of sp³-hybridized carbons (Fsp3) is 0.167. The number of morpholine rings is 1. The molecule has 1 saturated heterocycles. The largest absolute Gasteiger partial charge is 0.378 e. The van der Waals surface area contributed by atoms with Gasteiger partial charge < -0.3 is 9.64 Å². The van der Waals surface area contributed by atoms with Crippen LogP contribution in [0, 0.1) is 0 Å². The number of hydrogen-bond acceptors (Lipinski definition) is 4. The maximum Gasteiger partial charge on any atom is 0.254 e. The molecule has 5 nitrogen and oxygen atoms in total. The maximum absolute atomic E-state index is 13.3. The number of rotatable bonds is 3. The summed E-state index contributed by atoms with van der Waals surface area (Å²) in [4.78, 5) is 15.1. The zero-order valence-corrected chi connectivity index (χ0v) is 16.0. The second-order valence-electron chi connectivity index (χ2n) is 7.12. The summed E-state index contributed by atoms with van der Waals surface area (Å²) in [7, 11) is 0. The first-order chi connectivity index (χ1) is 14.3. The summed E-state index contributed by atoms with van der Waals surface area (Å²) < 4.78 is 5.40. The molecular formula is C24H21N3O2. The number of nitrogens with zero attached hydrogens (tertiary/aromatic N) is 2. The van der Waals surface area contributed by atoms with Crippen LogP contribution in [0.25, 0.3) is 11.1 Å². The second kappa shape index (κ2) is 7.53. The van der Waals surface area contributed by atoms with Gasteiger partial charge in [-0.15, -0.1) is 0 Å². The van der Waals surface area contributed by atoms with Crippen LogP contribution < -0.4 is 5.43 Å². The Morgan fingerprint density at radius 2 is 1.52 bits per heavy atom. The van der Waals surface area contributed by atoms with E-state index in [9.17, 15) is 4.79 Å². The summed E-state index contributed by atoms with van der Waals surface area (Å²) in [6.45, 7) is 2.43. The van der Waals surface area contributed by atoms with Crippen LogP contribution in [0.3, 0.4) is 0 Å². The van der Waals surface area contributed by atoms with Crippen molar-refractivity contribution in [3.05, 3.63) is 89.5 Å². The number of hydrogen-bond donors (Lipinski definition) is 1. The van der Waals surface area contributed by atoms with Crippen molar-refractivity contribution in [1.29, 1.82) is 0 Å². The second-order valence-corrected chi connectivity index (χ2v) is 7.12. The normalized spacial score (nSPS) is 16.4. The van der Waals surface area contributed by atoms with Gasteiger partial charge in [-0.1, -0.05) is 54.6 Å². The summed E-state index contributed by atoms with van der Waals surface area (Å²) in [6.07, 6.45) is 0. The topological polar surface area (TPSA) is 53.9 Å². The number of amides is 1. The van der Waals surface area contributed by atoms with Crippen LogP contribution in [0.4, 0.5) is 5.69 Å². The zero-order valence-electron chi connectivity index (χ0n) is 16.0. The van der Waals surface area contributed by atoms with E-state index in [1.807, 2.05) is 65.6 Å². The number of ether oxygens (including phenoxy) is 1. The lowest BCUT2D eigenvalue weighted by Gasteiger charge is -2.27. The van der Waals surface area contributed by atoms with Crippen molar-refractivity contribution in [2.45, 2.75) is 0 Å². The monoisotopic (exact) mass is 383 g/mol. The number of nitrogens with one attached hydrogen (secondary N) is 1. The molecule has 5 rings (SSSR count). The van der Waals surface area contributed by atoms with Crippen molar-refractivity contribution in [1.82, 2.24) is 4.90 Å². The van der Waals surface area contributed by atoms with E-state index in [-0.39, 0.29) is 5.91 Å². The molecule has 0 bridgehead atoms. The first-order valence-electron chi connectivity index (χ1n) is 9.82. The van der Waals surface area contributed by atoms with E-state index in [1.54, 1.807) is 0 Å². The average Bonchev–Trinajstić information content (AvgIpc) is 3.12. The van der Waals surface area contributed by atoms with Gasteiger partial charge in [0.2, 0.25) is 0 Å². The van der Waals surface area contributed by atoms with Gasteiger partial charge in [0.15, 0.2) is 0 Å². The molecule has 0 aromatic heterocycles. The van der Waals surface area contributed by atoms with Gasteiger partial charge >= 0.3 is 0 Å². The first-order valence-corrected chi connectivity index (χ1v) is 9.82. The predicted octanol–water partition coefficient (Wildman–Crippen LogP) is 4.00. The van der Waals surface area contributed by atoms with Crippen LogP contribution in [0.15, 0.2) is 77.9 Å². The van der Waals surface area contributed by atoms with Crippen molar-refractivity contribution >= 4 is 17.3 Å². The van der Waals surface area contributed by atoms with Gasteiger partial charge in [0.25, 0.3) is 5.91 Å². The van der Waals surface area contributed by atoms with Crippen molar-refractivity contribution in [3.8, 4) is 11.1 Å². The Bertz CT molecular complexity index is 1090. The number of benzene rings is 3. The van der Waals surface area contributed by atoms with Gasteiger partial charge in [-0.25, -0.2) is 0 Å². The van der Waals surface area contributed by atoms with Gasteiger partial charge in [0, 0.05) is 35.3 Å². The third-order valence-corrected chi connectivity index (χ3v) is 5.37. The smallest absolute Gasteiger partial charge is 0.254 e. The Labute approximate surface area is 169 Å². The molecule has 0 saturated carbocycles. The molecule has 1 N–H and O–H groups in total. The van der Waals surface area contributed by atoms with Gasteiger partial charge in [-0.2, -0.15) is 5.10 Å². The molecule has 5 heteroatoms. The van der Waals surface area contributed by atoms with Crippen LogP contribution in [0.1, 0.15) is 21.5 Å². The summed E-state index contributed by atoms with van der Waals surface area (Å²) in [6, 6.07) is 23.9. The number of anilines is 1. The third kappa shape index (κ3) is 3.19. The molecule has 0 radical (unpaired) electrons. The van der Waals surface area contributed by atoms with Crippen molar-refractivity contribution in [2.24, 2.45) is 5.10 Å². The zero-order chi connectivity index (χ0) is 19.6. The highest BCUT2D eigenvalue weighted by atomic mass is 16.5. The third-order valence-electron chi connectivity index (χ3n) is 5.37. The van der Waals surface area contributed by atoms with E-state index in [2.05, 4.69) is 17.6 Å². The lowest BCUT2D eigenvalue weighted by molar-refractivity contribution is 0.0303. The molecule has 1 fully saturated rings. The SMILES string of the molecule is O=C(c1cccc2c1-c1ccccc1C2=NNc1ccccc1)N1CCOCC1. The van der Waals surface area contributed by atoms with Crippen molar-refractivity contribution in [3.63, 3.8) is 0 Å². The standard InChI is InChI=1S/C24H21N3O2/c28-24(27-13-15-29-16-14-27)21-12-6-11-20-22(21)18-9-4-5-10-19(18)23(20)26-25-17-7-2-1-3-8-17/h1-12,25H,13-16H2. The number of carbonyl (C=O) groups excluding carboxylic acids is 1. The Kier molecular flexibility index (Phi) is 4.58. The molecule has 0 atom stereocenters. The molecule has 29 heavy (non-hydrogen) atoms. The number of carbonyl (C=O) groups is 1. The first kappa shape index (κ1) is 17.6. The van der Waals surface area contributed by atoms with Crippen LogP contribution in [-0.4, -0.2) is 42.8 Å². The highest BCUT2D eigenvalue weighted by Crippen LogP contribution is 2.39. The van der Waals surface area contributed by atoms with Crippen LogP contribution in [0.2, 0.25) is 0 Å². The molecule has 3 aromatic rings. The summed E-state index contributed by atoms with van der Waals surface area (Å²) in [5.41, 5.74) is 9.69. The van der Waals surface area contributed by atoms with Crippen LogP contribution in [0.5, 0.6) is 0 Å². The van der Waals surface area contributed by atoms with Crippen molar-refractivity contribution in [2.75, 3.05) is 31.7 Å².